The molecule has 8 nitrogen and oxygen atoms in total. The van der Waals surface area contributed by atoms with E-state index in [9.17, 15) is 19.1 Å². The summed E-state index contributed by atoms with van der Waals surface area (Å²) in [6.07, 6.45) is -0.233. The fourth-order valence-corrected chi connectivity index (χ4v) is 4.79. The van der Waals surface area contributed by atoms with Crippen LogP contribution < -0.4 is 16.6 Å². The Bertz CT molecular complexity index is 962. The van der Waals surface area contributed by atoms with Gasteiger partial charge in [0.1, 0.15) is 17.8 Å². The van der Waals surface area contributed by atoms with E-state index in [0.29, 0.717) is 0 Å². The number of likely N-dealkylation sites (tertiary alicyclic amines) is 1. The van der Waals surface area contributed by atoms with Crippen LogP contribution in [0.5, 0.6) is 0 Å². The molecule has 0 radical (unpaired) electrons. The molecule has 1 aromatic heterocycles. The Hall–Kier alpha value is -2.40. The fraction of sp³-hybridized carbons (Fsp3) is 0.476. The molecule has 1 saturated carbocycles. The molecule has 1 saturated heterocycles. The number of hydrogen-bond donors (Lipinski definition) is 4. The van der Waals surface area contributed by atoms with E-state index in [-0.39, 0.29) is 38.3 Å². The maximum absolute atomic E-state index is 14.5. The monoisotopic (exact) mass is 447 g/mol. The van der Waals surface area contributed by atoms with Crippen LogP contribution in [0.4, 0.5) is 4.39 Å². The zero-order valence-corrected chi connectivity index (χ0v) is 18.0. The van der Waals surface area contributed by atoms with Gasteiger partial charge in [0.15, 0.2) is 0 Å². The number of amides is 2. The molecule has 2 heterocycles. The van der Waals surface area contributed by atoms with Crippen LogP contribution in [0.25, 0.3) is 10.4 Å². The predicted molar refractivity (Wildman–Crippen MR) is 114 cm³/mol. The van der Waals surface area contributed by atoms with E-state index in [1.807, 2.05) is 31.2 Å². The molecule has 2 fully saturated rings. The molecule has 0 bridgehead atoms. The van der Waals surface area contributed by atoms with Gasteiger partial charge >= 0.3 is 0 Å². The van der Waals surface area contributed by atoms with Gasteiger partial charge in [-0.05, 0) is 30.9 Å². The van der Waals surface area contributed by atoms with Gasteiger partial charge in [0.05, 0.1) is 22.2 Å². The summed E-state index contributed by atoms with van der Waals surface area (Å²) >= 11 is 1.57. The standard InChI is InChI=1S/C21H26FN5O3S/c1-12-17(31-11-25-12)14-4-2-13(3-5-14)9-24-19(29)16-8-15(28)10-27(16)20(30)18(26-23)21(22)6-7-21/h2-5,11,15-16,18,26,28H,6-10,23H2,1H3,(H,24,29). The van der Waals surface area contributed by atoms with Crippen LogP contribution in [0.1, 0.15) is 30.5 Å². The number of β-amino-alcohol motifs (C(OH)–C–C–N with tert-alkyl or cyclic N) is 1. The number of rotatable bonds is 7. The molecule has 10 heteroatoms. The van der Waals surface area contributed by atoms with E-state index in [0.717, 1.165) is 21.7 Å². The first-order chi connectivity index (χ1) is 14.8. The summed E-state index contributed by atoms with van der Waals surface area (Å²) in [6.45, 7) is 2.22. The second kappa shape index (κ2) is 8.62. The van der Waals surface area contributed by atoms with Crippen LogP contribution >= 0.6 is 11.3 Å². The van der Waals surface area contributed by atoms with Gasteiger partial charge < -0.3 is 15.3 Å². The van der Waals surface area contributed by atoms with Crippen molar-refractivity contribution in [1.82, 2.24) is 20.6 Å². The molecule has 2 aromatic rings. The number of nitrogens with one attached hydrogen (secondary N) is 2. The first-order valence-corrected chi connectivity index (χ1v) is 11.1. The van der Waals surface area contributed by atoms with Crippen molar-refractivity contribution >= 4 is 23.2 Å². The minimum Gasteiger partial charge on any atom is -0.391 e. The summed E-state index contributed by atoms with van der Waals surface area (Å²) in [5, 5.41) is 12.9. The fourth-order valence-electron chi connectivity index (χ4n) is 3.98. The molecule has 31 heavy (non-hydrogen) atoms. The van der Waals surface area contributed by atoms with Gasteiger partial charge in [-0.3, -0.25) is 15.4 Å². The first-order valence-electron chi connectivity index (χ1n) is 10.2. The minimum absolute atomic E-state index is 0.0198. The van der Waals surface area contributed by atoms with Crippen molar-refractivity contribution < 1.29 is 19.1 Å². The van der Waals surface area contributed by atoms with Gasteiger partial charge in [-0.15, -0.1) is 11.3 Å². The largest absolute Gasteiger partial charge is 0.391 e. The highest BCUT2D eigenvalue weighted by atomic mass is 32.1. The Kier molecular flexibility index (Phi) is 6.07. The molecule has 1 aliphatic heterocycles. The number of hydrazine groups is 1. The Morgan fingerprint density at radius 2 is 2.10 bits per heavy atom. The summed E-state index contributed by atoms with van der Waals surface area (Å²) in [7, 11) is 0. The van der Waals surface area contributed by atoms with Crippen LogP contribution in [0.15, 0.2) is 29.8 Å². The lowest BCUT2D eigenvalue weighted by atomic mass is 10.1. The highest BCUT2D eigenvalue weighted by Crippen LogP contribution is 2.43. The Morgan fingerprint density at radius 3 is 2.68 bits per heavy atom. The van der Waals surface area contributed by atoms with Gasteiger partial charge in [0, 0.05) is 19.5 Å². The number of nitrogens with two attached hydrogens (primary N) is 1. The second-order valence-corrected chi connectivity index (χ2v) is 9.07. The van der Waals surface area contributed by atoms with Crippen LogP contribution in [-0.2, 0) is 16.1 Å². The Morgan fingerprint density at radius 1 is 1.39 bits per heavy atom. The van der Waals surface area contributed by atoms with Crippen LogP contribution in [-0.4, -0.2) is 57.2 Å². The lowest BCUT2D eigenvalue weighted by Gasteiger charge is -2.29. The molecule has 2 amide bonds. The number of hydrogen-bond acceptors (Lipinski definition) is 7. The molecular weight excluding hydrogens is 421 g/mol. The van der Waals surface area contributed by atoms with Crippen molar-refractivity contribution in [1.29, 1.82) is 0 Å². The summed E-state index contributed by atoms with van der Waals surface area (Å²) in [5.41, 5.74) is 5.31. The van der Waals surface area contributed by atoms with Crippen molar-refractivity contribution in [2.45, 2.75) is 56.6 Å². The number of nitrogens with zero attached hydrogens (tertiary/aromatic N) is 2. The minimum atomic E-state index is -1.68. The summed E-state index contributed by atoms with van der Waals surface area (Å²) in [6, 6.07) is 5.73. The number of benzene rings is 1. The number of carbonyl (C=O) groups excluding carboxylic acids is 2. The molecular formula is C21H26FN5O3S. The maximum Gasteiger partial charge on any atom is 0.245 e. The smallest absolute Gasteiger partial charge is 0.245 e. The third-order valence-corrected chi connectivity index (χ3v) is 6.93. The normalized spacial score (nSPS) is 22.9. The number of halogens is 1. The van der Waals surface area contributed by atoms with Gasteiger partial charge in [0.25, 0.3) is 0 Å². The zero-order chi connectivity index (χ0) is 22.2. The van der Waals surface area contributed by atoms with E-state index < -0.39 is 29.8 Å². The van der Waals surface area contributed by atoms with Crippen molar-refractivity contribution in [2.24, 2.45) is 5.84 Å². The third kappa shape index (κ3) is 4.47. The average Bonchev–Trinajstić information content (AvgIpc) is 3.16. The van der Waals surface area contributed by atoms with Crippen molar-refractivity contribution in [3.63, 3.8) is 0 Å². The second-order valence-electron chi connectivity index (χ2n) is 8.21. The molecule has 1 aromatic carbocycles. The number of alkyl halides is 1. The summed E-state index contributed by atoms with van der Waals surface area (Å²) < 4.78 is 14.5. The first kappa shape index (κ1) is 21.8. The van der Waals surface area contributed by atoms with E-state index in [2.05, 4.69) is 15.7 Å². The highest BCUT2D eigenvalue weighted by Gasteiger charge is 2.56. The van der Waals surface area contributed by atoms with Gasteiger partial charge in [0.2, 0.25) is 11.8 Å². The van der Waals surface area contributed by atoms with E-state index in [1.54, 1.807) is 16.8 Å². The van der Waals surface area contributed by atoms with Gasteiger partial charge in [-0.25, -0.2) is 14.8 Å². The van der Waals surface area contributed by atoms with E-state index in [4.69, 9.17) is 5.84 Å². The molecule has 0 spiro atoms. The summed E-state index contributed by atoms with van der Waals surface area (Å²) in [5.74, 6) is 4.43. The lowest BCUT2D eigenvalue weighted by molar-refractivity contribution is -0.142. The SMILES string of the molecule is Cc1ncsc1-c1ccc(CNC(=O)C2CC(O)CN2C(=O)C(NN)C2(F)CC2)cc1. The molecule has 5 N–H and O–H groups in total. The molecule has 166 valence electrons. The number of aliphatic hydroxyl groups excluding tert-OH is 1. The van der Waals surface area contributed by atoms with Crippen LogP contribution in [0.3, 0.4) is 0 Å². The Balaban J connectivity index is 1.39. The number of aryl methyl sites for hydroxylation is 1. The van der Waals surface area contributed by atoms with Gasteiger partial charge in [-0.1, -0.05) is 24.3 Å². The molecule has 4 rings (SSSR count). The topological polar surface area (TPSA) is 121 Å². The molecule has 1 aliphatic carbocycles. The Labute approximate surface area is 183 Å². The van der Waals surface area contributed by atoms with Crippen LogP contribution in [0.2, 0.25) is 0 Å². The predicted octanol–water partition coefficient (Wildman–Crippen LogP) is 1.03. The molecule has 3 unspecified atom stereocenters. The lowest BCUT2D eigenvalue weighted by Crippen LogP contribution is -2.58. The van der Waals surface area contributed by atoms with E-state index >= 15 is 0 Å². The maximum atomic E-state index is 14.5. The number of thiazole rings is 1. The number of aliphatic hydroxyl groups is 1. The van der Waals surface area contributed by atoms with Crippen molar-refractivity contribution in [3.8, 4) is 10.4 Å². The zero-order valence-electron chi connectivity index (χ0n) is 17.2. The van der Waals surface area contributed by atoms with Crippen molar-refractivity contribution in [3.05, 3.63) is 41.0 Å². The molecule has 3 atom stereocenters. The summed E-state index contributed by atoms with van der Waals surface area (Å²) in [4.78, 5) is 32.2. The highest BCUT2D eigenvalue weighted by molar-refractivity contribution is 7.13. The average molecular weight is 448 g/mol. The molecule has 2 aliphatic rings. The van der Waals surface area contributed by atoms with Crippen LogP contribution in [0, 0.1) is 6.92 Å². The van der Waals surface area contributed by atoms with Gasteiger partial charge in [-0.2, -0.15) is 0 Å². The van der Waals surface area contributed by atoms with Crippen molar-refractivity contribution in [2.75, 3.05) is 6.54 Å². The third-order valence-electron chi connectivity index (χ3n) is 5.95. The quantitative estimate of drug-likeness (QED) is 0.372. The number of aromatic nitrogens is 1. The number of carbonyl (C=O) groups is 2. The van der Waals surface area contributed by atoms with E-state index in [1.165, 1.54) is 4.90 Å².